The molecule has 0 unspecified atom stereocenters. The Morgan fingerprint density at radius 2 is 2.16 bits per heavy atom. The lowest BCUT2D eigenvalue weighted by molar-refractivity contribution is -0.114. The van der Waals surface area contributed by atoms with E-state index in [1.54, 1.807) is 6.92 Å². The van der Waals surface area contributed by atoms with E-state index in [4.69, 9.17) is 6.42 Å². The largest absolute Gasteiger partial charge is 0.357 e. The van der Waals surface area contributed by atoms with Crippen molar-refractivity contribution >= 4 is 12.2 Å². The first-order chi connectivity index (χ1) is 12.0. The fraction of sp³-hybridized carbons (Fsp3) is 0.500. The number of ketones is 1. The highest BCUT2D eigenvalue weighted by Crippen LogP contribution is 2.17. The van der Waals surface area contributed by atoms with Gasteiger partial charge in [0, 0.05) is 57.7 Å². The van der Waals surface area contributed by atoms with Gasteiger partial charge in [-0.05, 0) is 6.42 Å². The lowest BCUT2D eigenvalue weighted by Gasteiger charge is -2.35. The Morgan fingerprint density at radius 3 is 2.72 bits per heavy atom. The first kappa shape index (κ1) is 20.7. The van der Waals surface area contributed by atoms with Crippen molar-refractivity contribution in [2.24, 2.45) is 5.92 Å². The van der Waals surface area contributed by atoms with Gasteiger partial charge in [-0.1, -0.05) is 31.7 Å². The summed E-state index contributed by atoms with van der Waals surface area (Å²) in [7, 11) is 0. The average molecular weight is 343 g/mol. The van der Waals surface area contributed by atoms with Crippen molar-refractivity contribution in [3.8, 4) is 12.3 Å². The van der Waals surface area contributed by atoms with Gasteiger partial charge in [-0.2, -0.15) is 0 Å². The van der Waals surface area contributed by atoms with E-state index in [-0.39, 0.29) is 5.78 Å². The zero-order valence-electron chi connectivity index (χ0n) is 15.3. The van der Waals surface area contributed by atoms with Gasteiger partial charge >= 0.3 is 0 Å². The molecule has 0 radical (unpaired) electrons. The lowest BCUT2D eigenvalue weighted by Crippen LogP contribution is -2.45. The number of allylic oxidation sites excluding steroid dienone is 3. The monoisotopic (exact) mass is 343 g/mol. The van der Waals surface area contributed by atoms with Crippen LogP contribution >= 0.6 is 0 Å². The molecule has 1 fully saturated rings. The number of carbonyl (C=O) groups is 2. The molecule has 1 saturated heterocycles. The normalized spacial score (nSPS) is 15.5. The number of rotatable bonds is 12. The molecule has 0 aliphatic carbocycles. The molecular formula is C20H29N3O2. The van der Waals surface area contributed by atoms with Gasteiger partial charge in [0.1, 0.15) is 0 Å². The molecule has 0 aromatic carbocycles. The van der Waals surface area contributed by atoms with Crippen LogP contribution in [-0.4, -0.2) is 54.7 Å². The molecule has 1 rings (SSSR count). The summed E-state index contributed by atoms with van der Waals surface area (Å²) >= 11 is 0. The molecule has 1 aliphatic heterocycles. The van der Waals surface area contributed by atoms with Crippen LogP contribution in [0.5, 0.6) is 0 Å². The fourth-order valence-electron chi connectivity index (χ4n) is 2.70. The summed E-state index contributed by atoms with van der Waals surface area (Å²) in [6, 6.07) is 0. The maximum absolute atomic E-state index is 12.0. The van der Waals surface area contributed by atoms with Crippen molar-refractivity contribution in [1.29, 1.82) is 0 Å². The maximum Gasteiger partial charge on any atom is 0.207 e. The number of amides is 1. The number of carbonyl (C=O) groups excluding carboxylic acids is 2. The topological polar surface area (TPSA) is 52.6 Å². The van der Waals surface area contributed by atoms with Crippen LogP contribution < -0.4 is 5.32 Å². The molecule has 5 heteroatoms. The molecule has 1 amide bonds. The predicted molar refractivity (Wildman–Crippen MR) is 101 cm³/mol. The van der Waals surface area contributed by atoms with Crippen molar-refractivity contribution in [3.05, 3.63) is 36.2 Å². The van der Waals surface area contributed by atoms with Gasteiger partial charge in [-0.25, -0.2) is 0 Å². The van der Waals surface area contributed by atoms with Gasteiger partial charge in [-0.15, -0.1) is 12.3 Å². The summed E-state index contributed by atoms with van der Waals surface area (Å²) in [5, 5.41) is 2.63. The van der Waals surface area contributed by atoms with E-state index in [9.17, 15) is 9.59 Å². The molecule has 136 valence electrons. The van der Waals surface area contributed by atoms with E-state index in [0.29, 0.717) is 37.5 Å². The number of Topliss-reactive ketones (excluding diaryl/α,β-unsaturated/α-hetero) is 1. The first-order valence-electron chi connectivity index (χ1n) is 8.70. The molecule has 0 saturated carbocycles. The summed E-state index contributed by atoms with van der Waals surface area (Å²) in [5.41, 5.74) is 1.47. The lowest BCUT2D eigenvalue weighted by atomic mass is 10.0. The van der Waals surface area contributed by atoms with Crippen molar-refractivity contribution in [3.63, 3.8) is 0 Å². The van der Waals surface area contributed by atoms with Crippen LogP contribution in [0.2, 0.25) is 0 Å². The van der Waals surface area contributed by atoms with Gasteiger partial charge in [-0.3, -0.25) is 14.5 Å². The third-order valence-electron chi connectivity index (χ3n) is 4.07. The Balaban J connectivity index is 2.59. The fourth-order valence-corrected chi connectivity index (χ4v) is 2.70. The van der Waals surface area contributed by atoms with Gasteiger partial charge < -0.3 is 10.2 Å². The number of nitrogens with one attached hydrogen (secondary N) is 1. The Bertz CT molecular complexity index is 566. The van der Waals surface area contributed by atoms with Crippen LogP contribution in [0.25, 0.3) is 0 Å². The SMILES string of the molecule is C#CC1CN(C/C=C/CC(=C)N(CCNC=O)/C(=C\CC)C(C)=O)C1. The molecule has 1 heterocycles. The number of hydrogen-bond acceptors (Lipinski definition) is 4. The molecule has 0 spiro atoms. The molecule has 0 aromatic heterocycles. The molecule has 0 bridgehead atoms. The van der Waals surface area contributed by atoms with Crippen LogP contribution in [0.4, 0.5) is 0 Å². The zero-order valence-corrected chi connectivity index (χ0v) is 15.3. The van der Waals surface area contributed by atoms with Gasteiger partial charge in [0.15, 0.2) is 5.78 Å². The van der Waals surface area contributed by atoms with Crippen LogP contribution in [0, 0.1) is 18.3 Å². The van der Waals surface area contributed by atoms with Crippen molar-refractivity contribution in [2.45, 2.75) is 26.7 Å². The van der Waals surface area contributed by atoms with Crippen molar-refractivity contribution in [1.82, 2.24) is 15.1 Å². The minimum Gasteiger partial charge on any atom is -0.357 e. The molecule has 5 nitrogen and oxygen atoms in total. The average Bonchev–Trinajstić information content (AvgIpc) is 2.55. The Morgan fingerprint density at radius 1 is 1.44 bits per heavy atom. The van der Waals surface area contributed by atoms with E-state index in [2.05, 4.69) is 34.9 Å². The summed E-state index contributed by atoms with van der Waals surface area (Å²) in [4.78, 5) is 26.6. The van der Waals surface area contributed by atoms with Crippen LogP contribution in [0.1, 0.15) is 26.7 Å². The molecule has 1 aliphatic rings. The summed E-state index contributed by atoms with van der Waals surface area (Å²) in [6.07, 6.45) is 13.5. The Labute approximate surface area is 151 Å². The maximum atomic E-state index is 12.0. The van der Waals surface area contributed by atoms with Gasteiger partial charge in [0.05, 0.1) is 5.70 Å². The minimum absolute atomic E-state index is 0.000937. The second-order valence-corrected chi connectivity index (χ2v) is 6.10. The number of terminal acetylenes is 1. The first-order valence-corrected chi connectivity index (χ1v) is 8.70. The van der Waals surface area contributed by atoms with Crippen LogP contribution in [0.15, 0.2) is 36.2 Å². The predicted octanol–water partition coefficient (Wildman–Crippen LogP) is 1.94. The summed E-state index contributed by atoms with van der Waals surface area (Å²) in [6.45, 7) is 11.4. The quantitative estimate of drug-likeness (QED) is 0.193. The minimum atomic E-state index is -0.000937. The number of nitrogens with zero attached hydrogens (tertiary/aromatic N) is 2. The smallest absolute Gasteiger partial charge is 0.207 e. The van der Waals surface area contributed by atoms with Gasteiger partial charge in [0.2, 0.25) is 6.41 Å². The van der Waals surface area contributed by atoms with E-state index < -0.39 is 0 Å². The highest BCUT2D eigenvalue weighted by Gasteiger charge is 2.23. The molecule has 0 atom stereocenters. The standard InChI is InChI=1S/C20H29N3O2/c1-5-9-20(18(4)25)23(13-11-21-16-24)17(3)10-7-8-12-22-14-19(6-2)15-22/h2,7-9,16,19H,3,5,10-15H2,1,4H3,(H,21,24)/b8-7+,20-9-. The number of likely N-dealkylation sites (tertiary alicyclic amines) is 1. The summed E-state index contributed by atoms with van der Waals surface area (Å²) in [5.74, 6) is 3.15. The Hall–Kier alpha value is -2.32. The molecule has 0 aromatic rings. The van der Waals surface area contributed by atoms with Crippen molar-refractivity contribution < 1.29 is 9.59 Å². The van der Waals surface area contributed by atoms with E-state index >= 15 is 0 Å². The number of hydrogen-bond donors (Lipinski definition) is 1. The zero-order chi connectivity index (χ0) is 18.7. The van der Waals surface area contributed by atoms with Crippen LogP contribution in [0.3, 0.4) is 0 Å². The second-order valence-electron chi connectivity index (χ2n) is 6.10. The second kappa shape index (κ2) is 11.3. The van der Waals surface area contributed by atoms with Gasteiger partial charge in [0.25, 0.3) is 0 Å². The molecule has 1 N–H and O–H groups in total. The third-order valence-corrected chi connectivity index (χ3v) is 4.07. The van der Waals surface area contributed by atoms with E-state index in [1.807, 2.05) is 17.9 Å². The van der Waals surface area contributed by atoms with E-state index in [0.717, 1.165) is 31.8 Å². The highest BCUT2D eigenvalue weighted by atomic mass is 16.1. The third kappa shape index (κ3) is 6.98. The van der Waals surface area contributed by atoms with Crippen LogP contribution in [-0.2, 0) is 9.59 Å². The Kier molecular flexibility index (Phi) is 9.34. The van der Waals surface area contributed by atoms with Crippen molar-refractivity contribution in [2.75, 3.05) is 32.7 Å². The van der Waals surface area contributed by atoms with E-state index in [1.165, 1.54) is 0 Å². The highest BCUT2D eigenvalue weighted by molar-refractivity contribution is 5.92. The molecular weight excluding hydrogens is 314 g/mol. The summed E-state index contributed by atoms with van der Waals surface area (Å²) < 4.78 is 0. The molecule has 25 heavy (non-hydrogen) atoms.